The molecule has 1 heterocycles. The number of amides is 1. The summed E-state index contributed by atoms with van der Waals surface area (Å²) < 4.78 is 25.0. The highest BCUT2D eigenvalue weighted by molar-refractivity contribution is 7.92. The van der Waals surface area contributed by atoms with Crippen LogP contribution >= 0.6 is 0 Å². The highest BCUT2D eigenvalue weighted by atomic mass is 32.2. The van der Waals surface area contributed by atoms with Crippen molar-refractivity contribution in [2.45, 2.75) is 38.4 Å². The number of fused-ring (bicyclic) bond motifs is 1. The quantitative estimate of drug-likeness (QED) is 0.881. The van der Waals surface area contributed by atoms with E-state index in [1.807, 2.05) is 0 Å². The third-order valence-corrected chi connectivity index (χ3v) is 5.48. The van der Waals surface area contributed by atoms with Crippen LogP contribution in [0.25, 0.3) is 0 Å². The predicted molar refractivity (Wildman–Crippen MR) is 72.8 cm³/mol. The van der Waals surface area contributed by atoms with E-state index >= 15 is 0 Å². The van der Waals surface area contributed by atoms with Crippen molar-refractivity contribution in [1.29, 1.82) is 0 Å². The molecule has 1 N–H and O–H groups in total. The molecule has 1 aliphatic carbocycles. The highest BCUT2D eigenvalue weighted by Gasteiger charge is 2.25. The van der Waals surface area contributed by atoms with E-state index in [1.165, 1.54) is 0 Å². The molecule has 106 valence electrons. The molecule has 0 aromatic carbocycles. The van der Waals surface area contributed by atoms with Crippen molar-refractivity contribution in [3.8, 4) is 0 Å². The average molecular weight is 285 g/mol. The molecule has 1 amide bonds. The molecule has 0 unspecified atom stereocenters. The molecule has 0 saturated carbocycles. The summed E-state index contributed by atoms with van der Waals surface area (Å²) in [5.74, 6) is -0.340. The second-order valence-electron chi connectivity index (χ2n) is 5.16. The van der Waals surface area contributed by atoms with E-state index in [4.69, 9.17) is 0 Å². The highest BCUT2D eigenvalue weighted by Crippen LogP contribution is 2.27. The molecule has 0 saturated heterocycles. The Morgan fingerprint density at radius 1 is 1.42 bits per heavy atom. The third-order valence-electron chi connectivity index (χ3n) is 3.38. The number of aromatic nitrogens is 2. The molecule has 0 spiro atoms. The summed E-state index contributed by atoms with van der Waals surface area (Å²) in [5.41, 5.74) is 2.04. The Bertz CT molecular complexity index is 602. The summed E-state index contributed by atoms with van der Waals surface area (Å²) >= 11 is 0. The molecule has 1 aromatic heterocycles. The van der Waals surface area contributed by atoms with E-state index in [1.54, 1.807) is 25.6 Å². The number of hydrogen-bond acceptors (Lipinski definition) is 4. The van der Waals surface area contributed by atoms with Crippen molar-refractivity contribution >= 4 is 21.6 Å². The lowest BCUT2D eigenvalue weighted by Crippen LogP contribution is -2.28. The maximum atomic E-state index is 11.9. The number of carbonyl (C=O) groups is 1. The van der Waals surface area contributed by atoms with Crippen LogP contribution in [0.4, 0.5) is 5.82 Å². The Morgan fingerprint density at radius 2 is 2.11 bits per heavy atom. The Balaban J connectivity index is 2.12. The van der Waals surface area contributed by atoms with Gasteiger partial charge in [-0.2, -0.15) is 5.10 Å². The lowest BCUT2D eigenvalue weighted by atomic mass is 10.2. The lowest BCUT2D eigenvalue weighted by molar-refractivity contribution is -0.113. The van der Waals surface area contributed by atoms with Crippen LogP contribution in [0.3, 0.4) is 0 Å². The third kappa shape index (κ3) is 2.80. The van der Waals surface area contributed by atoms with Gasteiger partial charge in [0.2, 0.25) is 5.91 Å². The second kappa shape index (κ2) is 4.96. The summed E-state index contributed by atoms with van der Waals surface area (Å²) in [6.07, 6.45) is 2.84. The van der Waals surface area contributed by atoms with E-state index in [-0.39, 0.29) is 0 Å². The zero-order valence-corrected chi connectivity index (χ0v) is 12.2. The first-order valence-electron chi connectivity index (χ1n) is 6.37. The van der Waals surface area contributed by atoms with Crippen molar-refractivity contribution < 1.29 is 13.2 Å². The largest absolute Gasteiger partial charge is 0.310 e. The standard InChI is InChI=1S/C12H19N3O3S/c1-8(2)19(17,18)7-11(16)13-12-9-5-4-6-10(9)14-15(12)3/h8H,4-7H2,1-3H3,(H,13,16). The minimum Gasteiger partial charge on any atom is -0.310 e. The number of nitrogens with one attached hydrogen (secondary N) is 1. The Kier molecular flexibility index (Phi) is 3.66. The van der Waals surface area contributed by atoms with Gasteiger partial charge in [0.1, 0.15) is 11.6 Å². The van der Waals surface area contributed by atoms with Crippen molar-refractivity contribution in [2.75, 3.05) is 11.1 Å². The van der Waals surface area contributed by atoms with E-state index in [0.717, 1.165) is 30.5 Å². The van der Waals surface area contributed by atoms with Gasteiger partial charge >= 0.3 is 0 Å². The molecule has 0 atom stereocenters. The molecule has 0 fully saturated rings. The van der Waals surface area contributed by atoms with Crippen LogP contribution in [0.1, 0.15) is 31.5 Å². The number of anilines is 1. The fourth-order valence-electron chi connectivity index (χ4n) is 2.19. The molecule has 6 nitrogen and oxygen atoms in total. The first kappa shape index (κ1) is 14.0. The topological polar surface area (TPSA) is 81.1 Å². The fourth-order valence-corrected chi connectivity index (χ4v) is 2.96. The van der Waals surface area contributed by atoms with Crippen LogP contribution in [0, 0.1) is 0 Å². The van der Waals surface area contributed by atoms with E-state index in [0.29, 0.717) is 5.82 Å². The summed E-state index contributed by atoms with van der Waals surface area (Å²) in [6.45, 7) is 3.15. The molecule has 1 aromatic rings. The van der Waals surface area contributed by atoms with Crippen LogP contribution in [0.2, 0.25) is 0 Å². The van der Waals surface area contributed by atoms with Gasteiger partial charge in [0, 0.05) is 12.6 Å². The van der Waals surface area contributed by atoms with E-state index < -0.39 is 26.7 Å². The molecule has 0 bridgehead atoms. The molecular formula is C12H19N3O3S. The minimum atomic E-state index is -3.37. The van der Waals surface area contributed by atoms with E-state index in [2.05, 4.69) is 10.4 Å². The summed E-state index contributed by atoms with van der Waals surface area (Å²) in [7, 11) is -1.61. The van der Waals surface area contributed by atoms with Gasteiger partial charge in [-0.3, -0.25) is 9.48 Å². The van der Waals surface area contributed by atoms with Gasteiger partial charge in [0.15, 0.2) is 9.84 Å². The normalized spacial score (nSPS) is 14.7. The number of carbonyl (C=O) groups excluding carboxylic acids is 1. The van der Waals surface area contributed by atoms with Gasteiger partial charge in [-0.05, 0) is 33.1 Å². The summed E-state index contributed by atoms with van der Waals surface area (Å²) in [4.78, 5) is 11.9. The first-order chi connectivity index (χ1) is 8.81. The van der Waals surface area contributed by atoms with E-state index in [9.17, 15) is 13.2 Å². The Hall–Kier alpha value is -1.37. The maximum absolute atomic E-state index is 11.9. The summed E-state index contributed by atoms with van der Waals surface area (Å²) in [5, 5.41) is 6.47. The lowest BCUT2D eigenvalue weighted by Gasteiger charge is -2.10. The van der Waals surface area contributed by atoms with Gasteiger partial charge in [-0.15, -0.1) is 0 Å². The molecular weight excluding hydrogens is 266 g/mol. The van der Waals surface area contributed by atoms with Gasteiger partial charge in [-0.1, -0.05) is 0 Å². The number of sulfone groups is 1. The monoisotopic (exact) mass is 285 g/mol. The van der Waals surface area contributed by atoms with Gasteiger partial charge < -0.3 is 5.32 Å². The smallest absolute Gasteiger partial charge is 0.240 e. The number of aryl methyl sites for hydroxylation is 2. The zero-order chi connectivity index (χ0) is 14.2. The van der Waals surface area contributed by atoms with Crippen molar-refractivity contribution in [3.63, 3.8) is 0 Å². The minimum absolute atomic E-state index is 0.482. The van der Waals surface area contributed by atoms with Crippen molar-refractivity contribution in [3.05, 3.63) is 11.3 Å². The Morgan fingerprint density at radius 3 is 2.74 bits per heavy atom. The molecule has 0 radical (unpaired) electrons. The van der Waals surface area contributed by atoms with Crippen LogP contribution in [-0.4, -0.2) is 35.1 Å². The van der Waals surface area contributed by atoms with Crippen LogP contribution < -0.4 is 5.32 Å². The Labute approximate surface area is 113 Å². The fraction of sp³-hybridized carbons (Fsp3) is 0.667. The van der Waals surface area contributed by atoms with Crippen LogP contribution in [0.15, 0.2) is 0 Å². The van der Waals surface area contributed by atoms with Gasteiger partial charge in [0.05, 0.1) is 10.9 Å². The van der Waals surface area contributed by atoms with Crippen molar-refractivity contribution in [2.24, 2.45) is 7.05 Å². The zero-order valence-electron chi connectivity index (χ0n) is 11.4. The van der Waals surface area contributed by atoms with Crippen LogP contribution in [0.5, 0.6) is 0 Å². The van der Waals surface area contributed by atoms with Crippen molar-refractivity contribution in [1.82, 2.24) is 9.78 Å². The molecule has 19 heavy (non-hydrogen) atoms. The second-order valence-corrected chi connectivity index (χ2v) is 7.71. The average Bonchev–Trinajstić information content (AvgIpc) is 2.81. The first-order valence-corrected chi connectivity index (χ1v) is 8.09. The molecule has 1 aliphatic rings. The molecule has 0 aliphatic heterocycles. The maximum Gasteiger partial charge on any atom is 0.240 e. The van der Waals surface area contributed by atoms with Crippen LogP contribution in [-0.2, 0) is 34.5 Å². The number of nitrogens with zero attached hydrogens (tertiary/aromatic N) is 2. The summed E-state index contributed by atoms with van der Waals surface area (Å²) in [6, 6.07) is 0. The molecule has 2 rings (SSSR count). The number of rotatable bonds is 4. The SMILES string of the molecule is CC(C)S(=O)(=O)CC(=O)Nc1c2c(nn1C)CCC2. The number of hydrogen-bond donors (Lipinski definition) is 1. The van der Waals surface area contributed by atoms with Gasteiger partial charge in [0.25, 0.3) is 0 Å². The predicted octanol–water partition coefficient (Wildman–Crippen LogP) is 0.670. The molecule has 7 heteroatoms. The van der Waals surface area contributed by atoms with Gasteiger partial charge in [-0.25, -0.2) is 8.42 Å².